The summed E-state index contributed by atoms with van der Waals surface area (Å²) in [5, 5.41) is 3.49. The highest BCUT2D eigenvalue weighted by Crippen LogP contribution is 2.31. The number of amides is 2. The average molecular weight is 359 g/mol. The molecule has 2 rings (SSSR count). The number of hydrogen-bond donors (Lipinski definition) is 1. The Labute approximate surface area is 153 Å². The zero-order chi connectivity index (χ0) is 18.1. The van der Waals surface area contributed by atoms with Crippen molar-refractivity contribution in [3.63, 3.8) is 0 Å². The van der Waals surface area contributed by atoms with Gasteiger partial charge in [-0.05, 0) is 36.7 Å². The lowest BCUT2D eigenvalue weighted by atomic mass is 10.3. The van der Waals surface area contributed by atoms with Gasteiger partial charge in [-0.15, -0.1) is 0 Å². The number of carbonyl (C=O) groups excluding carboxylic acids is 2. The van der Waals surface area contributed by atoms with Crippen LogP contribution in [0.25, 0.3) is 0 Å². The zero-order valence-corrected chi connectivity index (χ0v) is 15.6. The Bertz CT molecular complexity index is 656. The van der Waals surface area contributed by atoms with Gasteiger partial charge in [0.25, 0.3) is 5.91 Å². The Kier molecular flexibility index (Phi) is 7.73. The predicted octanol–water partition coefficient (Wildman–Crippen LogP) is 4.04. The molecule has 0 aliphatic carbocycles. The lowest BCUT2D eigenvalue weighted by Crippen LogP contribution is -2.30. The van der Waals surface area contributed by atoms with E-state index < -0.39 is 0 Å². The molecule has 134 valence electrons. The van der Waals surface area contributed by atoms with Crippen molar-refractivity contribution in [3.8, 4) is 0 Å². The van der Waals surface area contributed by atoms with E-state index in [4.69, 9.17) is 0 Å². The number of amidine groups is 1. The first kappa shape index (κ1) is 19.2. The minimum atomic E-state index is -0.299. The fourth-order valence-corrected chi connectivity index (χ4v) is 3.29. The monoisotopic (exact) mass is 359 g/mol. The van der Waals surface area contributed by atoms with Crippen molar-refractivity contribution in [3.05, 3.63) is 41.3 Å². The summed E-state index contributed by atoms with van der Waals surface area (Å²) in [6, 6.07) is 9.21. The van der Waals surface area contributed by atoms with Crippen LogP contribution in [0.1, 0.15) is 39.5 Å². The minimum Gasteiger partial charge on any atom is -0.322 e. The van der Waals surface area contributed by atoms with Gasteiger partial charge in [-0.2, -0.15) is 0 Å². The lowest BCUT2D eigenvalue weighted by molar-refractivity contribution is -0.122. The van der Waals surface area contributed by atoms with Crippen molar-refractivity contribution in [1.29, 1.82) is 0 Å². The van der Waals surface area contributed by atoms with E-state index in [-0.39, 0.29) is 11.8 Å². The van der Waals surface area contributed by atoms with E-state index in [1.807, 2.05) is 30.3 Å². The number of hydrogen-bond acceptors (Lipinski definition) is 4. The first-order valence-electron chi connectivity index (χ1n) is 8.77. The number of anilines is 1. The molecule has 0 atom stereocenters. The summed E-state index contributed by atoms with van der Waals surface area (Å²) >= 11 is 1.29. The number of unbranched alkanes of at least 4 members (excludes halogenated alkanes) is 2. The van der Waals surface area contributed by atoms with Crippen LogP contribution in [0, 0.1) is 0 Å². The van der Waals surface area contributed by atoms with Gasteiger partial charge >= 0.3 is 0 Å². The van der Waals surface area contributed by atoms with Crippen molar-refractivity contribution in [2.24, 2.45) is 4.99 Å². The molecule has 1 N–H and O–H groups in total. The van der Waals surface area contributed by atoms with Gasteiger partial charge in [0.05, 0.1) is 4.91 Å². The van der Waals surface area contributed by atoms with Crippen LogP contribution < -0.4 is 5.32 Å². The summed E-state index contributed by atoms with van der Waals surface area (Å²) < 4.78 is 0. The van der Waals surface area contributed by atoms with E-state index in [0.717, 1.165) is 25.7 Å². The van der Waals surface area contributed by atoms with E-state index >= 15 is 0 Å². The Hall–Kier alpha value is -2.08. The number of aliphatic imine (C=N–C) groups is 1. The van der Waals surface area contributed by atoms with Crippen LogP contribution in [0.5, 0.6) is 0 Å². The molecule has 1 aromatic carbocycles. The molecular weight excluding hydrogens is 334 g/mol. The molecule has 0 bridgehead atoms. The second kappa shape index (κ2) is 10.0. The van der Waals surface area contributed by atoms with Gasteiger partial charge < -0.3 is 5.32 Å². The average Bonchev–Trinajstić information content (AvgIpc) is 2.89. The number of rotatable bonds is 8. The molecule has 1 aromatic rings. The van der Waals surface area contributed by atoms with Crippen LogP contribution in [-0.4, -0.2) is 35.0 Å². The van der Waals surface area contributed by atoms with Crippen LogP contribution >= 0.6 is 11.8 Å². The molecular formula is C19H25N3O2S. The normalized spacial score (nSPS) is 17.5. The number of benzene rings is 1. The molecule has 0 saturated carbocycles. The zero-order valence-electron chi connectivity index (χ0n) is 14.8. The molecule has 0 radical (unpaired) electrons. The maximum absolute atomic E-state index is 12.6. The SMILES string of the molecule is CCCCN=C1SC(=CC(=O)Nc2ccccc2)C(=O)N1CCCC. The molecule has 6 heteroatoms. The number of nitrogens with one attached hydrogen (secondary N) is 1. The molecule has 1 saturated heterocycles. The Balaban J connectivity index is 2.10. The van der Waals surface area contributed by atoms with Crippen LogP contribution in [-0.2, 0) is 9.59 Å². The maximum Gasteiger partial charge on any atom is 0.266 e. The van der Waals surface area contributed by atoms with Gasteiger partial charge in [-0.25, -0.2) is 0 Å². The standard InChI is InChI=1S/C19H25N3O2S/c1-3-5-12-20-19-22(13-6-4-2)18(24)16(25-19)14-17(23)21-15-10-8-7-9-11-15/h7-11,14H,3-6,12-13H2,1-2H3,(H,21,23). The van der Waals surface area contributed by atoms with Crippen molar-refractivity contribution in [2.75, 3.05) is 18.4 Å². The lowest BCUT2D eigenvalue weighted by Gasteiger charge is -2.14. The third-order valence-corrected chi connectivity index (χ3v) is 4.73. The van der Waals surface area contributed by atoms with Crippen molar-refractivity contribution in [2.45, 2.75) is 39.5 Å². The highest BCUT2D eigenvalue weighted by molar-refractivity contribution is 8.18. The molecule has 0 aromatic heterocycles. The molecule has 5 nitrogen and oxygen atoms in total. The van der Waals surface area contributed by atoms with E-state index in [9.17, 15) is 9.59 Å². The number of thioether (sulfide) groups is 1. The number of para-hydroxylation sites is 1. The molecule has 1 heterocycles. The molecule has 1 aliphatic heterocycles. The topological polar surface area (TPSA) is 61.8 Å². The van der Waals surface area contributed by atoms with E-state index in [1.165, 1.54) is 17.8 Å². The Morgan fingerprint density at radius 3 is 2.60 bits per heavy atom. The van der Waals surface area contributed by atoms with E-state index in [2.05, 4.69) is 24.2 Å². The third-order valence-electron chi connectivity index (χ3n) is 3.69. The largest absolute Gasteiger partial charge is 0.322 e. The molecule has 25 heavy (non-hydrogen) atoms. The second-order valence-corrected chi connectivity index (χ2v) is 6.80. The van der Waals surface area contributed by atoms with Gasteiger partial charge in [0.1, 0.15) is 0 Å². The molecule has 0 spiro atoms. The van der Waals surface area contributed by atoms with Crippen LogP contribution in [0.3, 0.4) is 0 Å². The van der Waals surface area contributed by atoms with E-state index in [1.54, 1.807) is 4.90 Å². The molecule has 1 fully saturated rings. The maximum atomic E-state index is 12.6. The quantitative estimate of drug-likeness (QED) is 0.563. The van der Waals surface area contributed by atoms with Gasteiger partial charge in [0, 0.05) is 24.9 Å². The van der Waals surface area contributed by atoms with Crippen molar-refractivity contribution >= 4 is 34.4 Å². The van der Waals surface area contributed by atoms with Gasteiger partial charge in [0.15, 0.2) is 5.17 Å². The second-order valence-electron chi connectivity index (χ2n) is 5.79. The molecule has 1 aliphatic rings. The fourth-order valence-electron chi connectivity index (χ4n) is 2.29. The molecule has 2 amide bonds. The fraction of sp³-hybridized carbons (Fsp3) is 0.421. The predicted molar refractivity (Wildman–Crippen MR) is 105 cm³/mol. The van der Waals surface area contributed by atoms with Crippen molar-refractivity contribution in [1.82, 2.24) is 4.90 Å². The summed E-state index contributed by atoms with van der Waals surface area (Å²) in [6.45, 7) is 5.55. The third kappa shape index (κ3) is 5.74. The number of carbonyl (C=O) groups is 2. The first-order chi connectivity index (χ1) is 12.2. The van der Waals surface area contributed by atoms with Gasteiger partial charge in [-0.3, -0.25) is 19.5 Å². The smallest absolute Gasteiger partial charge is 0.266 e. The van der Waals surface area contributed by atoms with Gasteiger partial charge in [-0.1, -0.05) is 44.9 Å². The highest BCUT2D eigenvalue weighted by atomic mass is 32.2. The van der Waals surface area contributed by atoms with Gasteiger partial charge in [0.2, 0.25) is 5.91 Å². The van der Waals surface area contributed by atoms with Crippen LogP contribution in [0.15, 0.2) is 46.3 Å². The van der Waals surface area contributed by atoms with E-state index in [0.29, 0.717) is 28.8 Å². The Morgan fingerprint density at radius 2 is 1.92 bits per heavy atom. The summed E-state index contributed by atoms with van der Waals surface area (Å²) in [4.78, 5) is 31.5. The first-order valence-corrected chi connectivity index (χ1v) is 9.59. The summed E-state index contributed by atoms with van der Waals surface area (Å²) in [5.41, 5.74) is 0.708. The summed E-state index contributed by atoms with van der Waals surface area (Å²) in [6.07, 6.45) is 5.36. The Morgan fingerprint density at radius 1 is 1.20 bits per heavy atom. The van der Waals surface area contributed by atoms with Crippen molar-refractivity contribution < 1.29 is 9.59 Å². The highest BCUT2D eigenvalue weighted by Gasteiger charge is 2.33. The number of nitrogens with zero attached hydrogens (tertiary/aromatic N) is 2. The minimum absolute atomic E-state index is 0.128. The summed E-state index contributed by atoms with van der Waals surface area (Å²) in [7, 11) is 0. The summed E-state index contributed by atoms with van der Waals surface area (Å²) in [5.74, 6) is -0.427. The van der Waals surface area contributed by atoms with Crippen LogP contribution in [0.4, 0.5) is 5.69 Å². The van der Waals surface area contributed by atoms with Crippen LogP contribution in [0.2, 0.25) is 0 Å². The molecule has 0 unspecified atom stereocenters.